The molecule has 0 saturated heterocycles. The number of ether oxygens (including phenoxy) is 1. The molecule has 0 aliphatic heterocycles. The molecule has 0 radical (unpaired) electrons. The topological polar surface area (TPSA) is 72.0 Å². The van der Waals surface area contributed by atoms with Crippen molar-refractivity contribution in [2.75, 3.05) is 0 Å². The van der Waals surface area contributed by atoms with E-state index >= 15 is 0 Å². The number of halogens is 3. The minimum atomic E-state index is -4.45. The molecule has 88 valence electrons. The summed E-state index contributed by atoms with van der Waals surface area (Å²) in [5.74, 6) is -0.539. The Balaban J connectivity index is 2.82. The second-order valence-corrected chi connectivity index (χ2v) is 3.08. The van der Waals surface area contributed by atoms with Crippen LogP contribution in [0.1, 0.15) is 12.6 Å². The van der Waals surface area contributed by atoms with Gasteiger partial charge in [-0.3, -0.25) is 5.41 Å². The molecule has 0 amide bonds. The largest absolute Gasteiger partial charge is 0.465 e. The van der Waals surface area contributed by atoms with Crippen molar-refractivity contribution in [1.29, 1.82) is 5.41 Å². The summed E-state index contributed by atoms with van der Waals surface area (Å²) < 4.78 is 41.1. The van der Waals surface area contributed by atoms with E-state index in [0.29, 0.717) is 0 Å². The van der Waals surface area contributed by atoms with Gasteiger partial charge in [0.2, 0.25) is 5.88 Å². The number of rotatable bonds is 3. The zero-order chi connectivity index (χ0) is 12.3. The molecule has 1 atom stereocenters. The first kappa shape index (κ1) is 12.3. The van der Waals surface area contributed by atoms with Gasteiger partial charge in [-0.15, -0.1) is 0 Å². The Kier molecular flexibility index (Phi) is 3.36. The van der Waals surface area contributed by atoms with Crippen molar-refractivity contribution in [3.8, 4) is 5.88 Å². The molecule has 0 saturated carbocycles. The third kappa shape index (κ3) is 3.11. The Morgan fingerprint density at radius 3 is 2.62 bits per heavy atom. The van der Waals surface area contributed by atoms with E-state index in [4.69, 9.17) is 11.1 Å². The summed E-state index contributed by atoms with van der Waals surface area (Å²) in [4.78, 5) is 3.65. The van der Waals surface area contributed by atoms with Crippen molar-refractivity contribution in [3.05, 3.63) is 23.9 Å². The number of pyridine rings is 1. The Morgan fingerprint density at radius 2 is 2.12 bits per heavy atom. The summed E-state index contributed by atoms with van der Waals surface area (Å²) >= 11 is 0. The molecule has 0 aliphatic rings. The fraction of sp³-hybridized carbons (Fsp3) is 0.333. The van der Waals surface area contributed by atoms with Crippen LogP contribution in [0.25, 0.3) is 0 Å². The highest BCUT2D eigenvalue weighted by atomic mass is 19.4. The summed E-state index contributed by atoms with van der Waals surface area (Å²) in [7, 11) is 0. The standard InChI is InChI=1S/C9H10F3N3O/c1-5(9(10,11)12)16-7-4-2-3-6(15-7)8(13)14/h2-5H,1H3,(H3,13,14). The predicted octanol–water partition coefficient (Wildman–Crippen LogP) is 1.70. The molecule has 16 heavy (non-hydrogen) atoms. The number of nitrogens with zero attached hydrogens (tertiary/aromatic N) is 1. The highest BCUT2D eigenvalue weighted by Gasteiger charge is 2.38. The van der Waals surface area contributed by atoms with Crippen LogP contribution in [0.4, 0.5) is 13.2 Å². The number of aromatic nitrogens is 1. The van der Waals surface area contributed by atoms with Gasteiger partial charge in [-0.1, -0.05) is 6.07 Å². The molecule has 4 nitrogen and oxygen atoms in total. The Bertz CT molecular complexity index is 392. The van der Waals surface area contributed by atoms with Crippen LogP contribution in [-0.4, -0.2) is 23.1 Å². The number of alkyl halides is 3. The van der Waals surface area contributed by atoms with Gasteiger partial charge in [-0.2, -0.15) is 13.2 Å². The predicted molar refractivity (Wildman–Crippen MR) is 51.4 cm³/mol. The minimum Gasteiger partial charge on any atom is -0.465 e. The van der Waals surface area contributed by atoms with E-state index in [1.165, 1.54) is 18.2 Å². The van der Waals surface area contributed by atoms with Crippen LogP contribution in [0.5, 0.6) is 5.88 Å². The fourth-order valence-corrected chi connectivity index (χ4v) is 0.878. The summed E-state index contributed by atoms with van der Waals surface area (Å²) in [5, 5.41) is 7.07. The van der Waals surface area contributed by atoms with Crippen molar-refractivity contribution < 1.29 is 17.9 Å². The van der Waals surface area contributed by atoms with Crippen LogP contribution in [0.15, 0.2) is 18.2 Å². The van der Waals surface area contributed by atoms with Gasteiger partial charge in [0.05, 0.1) is 0 Å². The summed E-state index contributed by atoms with van der Waals surface area (Å²) in [6, 6.07) is 4.10. The van der Waals surface area contributed by atoms with Crippen molar-refractivity contribution in [1.82, 2.24) is 4.98 Å². The lowest BCUT2D eigenvalue weighted by Crippen LogP contribution is -2.31. The SMILES string of the molecule is CC(Oc1cccc(C(=N)N)n1)C(F)(F)F. The normalized spacial score (nSPS) is 13.2. The molecule has 1 rings (SSSR count). The van der Waals surface area contributed by atoms with E-state index in [0.717, 1.165) is 6.92 Å². The van der Waals surface area contributed by atoms with E-state index < -0.39 is 12.3 Å². The molecule has 0 bridgehead atoms. The van der Waals surface area contributed by atoms with Crippen molar-refractivity contribution in [2.45, 2.75) is 19.2 Å². The molecule has 7 heteroatoms. The van der Waals surface area contributed by atoms with Gasteiger partial charge in [0.15, 0.2) is 6.10 Å². The lowest BCUT2D eigenvalue weighted by atomic mass is 10.3. The lowest BCUT2D eigenvalue weighted by Gasteiger charge is -2.16. The Hall–Kier alpha value is -1.79. The highest BCUT2D eigenvalue weighted by Crippen LogP contribution is 2.23. The number of amidine groups is 1. The van der Waals surface area contributed by atoms with Gasteiger partial charge >= 0.3 is 6.18 Å². The monoisotopic (exact) mass is 233 g/mol. The summed E-state index contributed by atoms with van der Waals surface area (Å²) in [6.07, 6.45) is -6.41. The molecule has 1 aromatic heterocycles. The smallest absolute Gasteiger partial charge is 0.425 e. The zero-order valence-electron chi connectivity index (χ0n) is 8.38. The van der Waals surface area contributed by atoms with Crippen LogP contribution >= 0.6 is 0 Å². The molecule has 0 aliphatic carbocycles. The van der Waals surface area contributed by atoms with Crippen LogP contribution < -0.4 is 10.5 Å². The minimum absolute atomic E-state index is 0.0758. The number of nitrogens with two attached hydrogens (primary N) is 1. The molecule has 3 N–H and O–H groups in total. The van der Waals surface area contributed by atoms with Gasteiger partial charge in [0.1, 0.15) is 11.5 Å². The van der Waals surface area contributed by atoms with Gasteiger partial charge in [-0.05, 0) is 13.0 Å². The van der Waals surface area contributed by atoms with E-state index in [1.807, 2.05) is 0 Å². The van der Waals surface area contributed by atoms with Gasteiger partial charge in [0, 0.05) is 6.07 Å². The second-order valence-electron chi connectivity index (χ2n) is 3.08. The van der Waals surface area contributed by atoms with E-state index in [2.05, 4.69) is 9.72 Å². The molecular weight excluding hydrogens is 223 g/mol. The van der Waals surface area contributed by atoms with E-state index in [9.17, 15) is 13.2 Å². The lowest BCUT2D eigenvalue weighted by molar-refractivity contribution is -0.189. The molecule has 1 aromatic rings. The molecule has 0 spiro atoms. The third-order valence-electron chi connectivity index (χ3n) is 1.76. The molecule has 1 heterocycles. The maximum Gasteiger partial charge on any atom is 0.425 e. The highest BCUT2D eigenvalue weighted by molar-refractivity contribution is 5.93. The number of nitrogens with one attached hydrogen (secondary N) is 1. The van der Waals surface area contributed by atoms with Crippen molar-refractivity contribution in [3.63, 3.8) is 0 Å². The first-order valence-electron chi connectivity index (χ1n) is 4.35. The Morgan fingerprint density at radius 1 is 1.50 bits per heavy atom. The summed E-state index contributed by atoms with van der Waals surface area (Å²) in [5.41, 5.74) is 5.22. The van der Waals surface area contributed by atoms with Crippen LogP contribution in [-0.2, 0) is 0 Å². The summed E-state index contributed by atoms with van der Waals surface area (Å²) in [6.45, 7) is 0.877. The number of nitrogen functional groups attached to an aromatic ring is 1. The van der Waals surface area contributed by atoms with E-state index in [-0.39, 0.29) is 17.4 Å². The molecular formula is C9H10F3N3O. The zero-order valence-corrected chi connectivity index (χ0v) is 8.38. The second kappa shape index (κ2) is 4.38. The average Bonchev–Trinajstić information content (AvgIpc) is 2.16. The maximum absolute atomic E-state index is 12.2. The van der Waals surface area contributed by atoms with E-state index in [1.54, 1.807) is 0 Å². The van der Waals surface area contributed by atoms with Crippen LogP contribution in [0.3, 0.4) is 0 Å². The first-order valence-corrected chi connectivity index (χ1v) is 4.35. The number of hydrogen-bond acceptors (Lipinski definition) is 3. The van der Waals surface area contributed by atoms with Crippen molar-refractivity contribution in [2.24, 2.45) is 5.73 Å². The third-order valence-corrected chi connectivity index (χ3v) is 1.76. The Labute approximate surface area is 89.7 Å². The van der Waals surface area contributed by atoms with Crippen LogP contribution in [0.2, 0.25) is 0 Å². The van der Waals surface area contributed by atoms with Gasteiger partial charge < -0.3 is 10.5 Å². The molecule has 1 unspecified atom stereocenters. The first-order chi connectivity index (χ1) is 7.30. The van der Waals surface area contributed by atoms with Crippen LogP contribution in [0, 0.1) is 5.41 Å². The quantitative estimate of drug-likeness (QED) is 0.616. The van der Waals surface area contributed by atoms with Crippen molar-refractivity contribution >= 4 is 5.84 Å². The average molecular weight is 233 g/mol. The molecule has 0 aromatic carbocycles. The van der Waals surface area contributed by atoms with Gasteiger partial charge in [-0.25, -0.2) is 4.98 Å². The van der Waals surface area contributed by atoms with Gasteiger partial charge in [0.25, 0.3) is 0 Å². The fourth-order valence-electron chi connectivity index (χ4n) is 0.878. The number of hydrogen-bond donors (Lipinski definition) is 2. The maximum atomic E-state index is 12.2. The molecule has 0 fully saturated rings.